The van der Waals surface area contributed by atoms with Crippen molar-refractivity contribution in [2.45, 2.75) is 27.7 Å². The molecule has 0 unspecified atom stereocenters. The molecule has 19 heavy (non-hydrogen) atoms. The number of carbonyl (C=O) groups is 4. The molecule has 0 aliphatic rings. The molecule has 0 aliphatic heterocycles. The topological polar surface area (TPSA) is 116 Å². The van der Waals surface area contributed by atoms with E-state index in [2.05, 4.69) is 21.3 Å². The number of hydrogen-bond acceptors (Lipinski definition) is 4. The molecule has 0 aromatic heterocycles. The van der Waals surface area contributed by atoms with E-state index in [1.807, 2.05) is 0 Å². The quantitative estimate of drug-likeness (QED) is 0.384. The average Bonchev–Trinajstić information content (AvgIpc) is 2.15. The zero-order valence-corrected chi connectivity index (χ0v) is 12.8. The van der Waals surface area contributed by atoms with Crippen LogP contribution in [0, 0.1) is 13.3 Å². The normalized spacial score (nSPS) is 7.79. The van der Waals surface area contributed by atoms with Gasteiger partial charge in [-0.15, -0.1) is 0 Å². The molecule has 106 valence electrons. The molecule has 0 atom stereocenters. The Kier molecular flexibility index (Phi) is 17.5. The molecular formula is C10H18N4O4Ti. The minimum atomic E-state index is -0.205. The van der Waals surface area contributed by atoms with Gasteiger partial charge >= 0.3 is 21.7 Å². The van der Waals surface area contributed by atoms with Crippen molar-refractivity contribution in [2.24, 2.45) is 0 Å². The van der Waals surface area contributed by atoms with Gasteiger partial charge in [0.25, 0.3) is 0 Å². The maximum absolute atomic E-state index is 10.1. The van der Waals surface area contributed by atoms with Gasteiger partial charge in [-0.3, -0.25) is 19.2 Å². The Bertz CT molecular complexity index is 252. The van der Waals surface area contributed by atoms with Crippen LogP contribution in [0.1, 0.15) is 27.7 Å². The summed E-state index contributed by atoms with van der Waals surface area (Å²) in [4.78, 5) is 40.5. The summed E-state index contributed by atoms with van der Waals surface area (Å²) in [5.74, 6) is -0.819. The van der Waals surface area contributed by atoms with Gasteiger partial charge in [-0.2, -0.15) is 13.3 Å². The van der Waals surface area contributed by atoms with Crippen LogP contribution in [0.4, 0.5) is 0 Å². The fourth-order valence-electron chi connectivity index (χ4n) is 0.479. The fraction of sp³-hybridized carbons (Fsp3) is 0.400. The van der Waals surface area contributed by atoms with Crippen LogP contribution in [0.3, 0.4) is 0 Å². The molecule has 0 aromatic carbocycles. The molecule has 0 heterocycles. The SMILES string of the molecule is CC(=O)N[CH-]NC(C)=O.CC(=O)N[CH-]NC(C)=O.[Ti+2]. The van der Waals surface area contributed by atoms with Crippen molar-refractivity contribution in [1.29, 1.82) is 0 Å². The van der Waals surface area contributed by atoms with Crippen molar-refractivity contribution in [2.75, 3.05) is 0 Å². The van der Waals surface area contributed by atoms with Crippen LogP contribution in [-0.4, -0.2) is 23.6 Å². The largest absolute Gasteiger partial charge is 2.00 e. The third-order valence-corrected chi connectivity index (χ3v) is 1.10. The fourth-order valence-corrected chi connectivity index (χ4v) is 0.479. The predicted octanol–water partition coefficient (Wildman–Crippen LogP) is -1.25. The first-order chi connectivity index (χ1) is 8.25. The second-order valence-electron chi connectivity index (χ2n) is 3.09. The van der Waals surface area contributed by atoms with Crippen molar-refractivity contribution in [1.82, 2.24) is 21.3 Å². The second-order valence-corrected chi connectivity index (χ2v) is 3.09. The molecule has 4 N–H and O–H groups in total. The van der Waals surface area contributed by atoms with E-state index in [0.29, 0.717) is 0 Å². The number of rotatable bonds is 4. The summed E-state index contributed by atoms with van der Waals surface area (Å²) >= 11 is 0. The van der Waals surface area contributed by atoms with Gasteiger partial charge in [-0.05, 0) is 0 Å². The summed E-state index contributed by atoms with van der Waals surface area (Å²) in [6.45, 7) is 7.84. The minimum absolute atomic E-state index is 0. The first kappa shape index (κ1) is 22.7. The van der Waals surface area contributed by atoms with E-state index in [9.17, 15) is 19.2 Å². The van der Waals surface area contributed by atoms with E-state index in [0.717, 1.165) is 0 Å². The van der Waals surface area contributed by atoms with Crippen molar-refractivity contribution in [3.63, 3.8) is 0 Å². The van der Waals surface area contributed by atoms with E-state index in [-0.39, 0.29) is 45.3 Å². The summed E-state index contributed by atoms with van der Waals surface area (Å²) < 4.78 is 0. The van der Waals surface area contributed by atoms with Crippen LogP contribution in [0.15, 0.2) is 0 Å². The number of amides is 4. The third-order valence-electron chi connectivity index (χ3n) is 1.10. The van der Waals surface area contributed by atoms with Crippen LogP contribution in [0.25, 0.3) is 0 Å². The molecule has 0 aliphatic carbocycles. The molecule has 8 nitrogen and oxygen atoms in total. The van der Waals surface area contributed by atoms with Gasteiger partial charge in [0.05, 0.1) is 0 Å². The summed E-state index contributed by atoms with van der Waals surface area (Å²) in [5, 5.41) is 9.12. The molecule has 0 fully saturated rings. The minimum Gasteiger partial charge on any atom is -0.487 e. The number of nitrogens with one attached hydrogen (secondary N) is 4. The summed E-state index contributed by atoms with van der Waals surface area (Å²) in [5.41, 5.74) is 0. The maximum Gasteiger partial charge on any atom is 2.00 e. The third kappa shape index (κ3) is 31.5. The van der Waals surface area contributed by atoms with Crippen LogP contribution < -0.4 is 21.3 Å². The molecule has 0 bridgehead atoms. The van der Waals surface area contributed by atoms with Crippen LogP contribution in [0.5, 0.6) is 0 Å². The van der Waals surface area contributed by atoms with Gasteiger partial charge in [0.15, 0.2) is 23.6 Å². The standard InChI is InChI=1S/2C5H9N2O2.Ti/c2*1-4(8)6-3-7-5(2)9;/h2*3H,1-2H3,(H,6,8)(H,7,9);/q2*-1;+2. The average molecular weight is 306 g/mol. The smallest absolute Gasteiger partial charge is 0.487 e. The summed E-state index contributed by atoms with van der Waals surface area (Å²) in [7, 11) is 0. The summed E-state index contributed by atoms with van der Waals surface area (Å²) in [6, 6.07) is 0. The van der Waals surface area contributed by atoms with Crippen LogP contribution >= 0.6 is 0 Å². The van der Waals surface area contributed by atoms with E-state index in [4.69, 9.17) is 0 Å². The van der Waals surface area contributed by atoms with E-state index < -0.39 is 0 Å². The molecule has 0 spiro atoms. The zero-order chi connectivity index (χ0) is 14.6. The van der Waals surface area contributed by atoms with Gasteiger partial charge in [0.2, 0.25) is 0 Å². The molecule has 0 aromatic rings. The number of hydrogen-bond donors (Lipinski definition) is 4. The van der Waals surface area contributed by atoms with Crippen LogP contribution in [0.2, 0.25) is 0 Å². The van der Waals surface area contributed by atoms with Gasteiger partial charge in [0, 0.05) is 27.7 Å². The second kappa shape index (κ2) is 14.7. The summed E-state index contributed by atoms with van der Waals surface area (Å²) in [6.07, 6.45) is 0. The Labute approximate surface area is 127 Å². The van der Waals surface area contributed by atoms with Crippen molar-refractivity contribution < 1.29 is 40.9 Å². The van der Waals surface area contributed by atoms with E-state index in [1.54, 1.807) is 0 Å². The predicted molar refractivity (Wildman–Crippen MR) is 63.9 cm³/mol. The van der Waals surface area contributed by atoms with Crippen molar-refractivity contribution in [3.05, 3.63) is 13.3 Å². The van der Waals surface area contributed by atoms with E-state index >= 15 is 0 Å². The Hall–Kier alpha value is -1.41. The molecule has 4 amide bonds. The molecule has 0 saturated heterocycles. The Balaban J connectivity index is -0.000000256. The van der Waals surface area contributed by atoms with Crippen molar-refractivity contribution in [3.8, 4) is 0 Å². The van der Waals surface area contributed by atoms with Crippen LogP contribution in [-0.2, 0) is 40.9 Å². The van der Waals surface area contributed by atoms with Gasteiger partial charge < -0.3 is 21.3 Å². The zero-order valence-electron chi connectivity index (χ0n) is 11.3. The van der Waals surface area contributed by atoms with Crippen molar-refractivity contribution >= 4 is 23.6 Å². The first-order valence-electron chi connectivity index (χ1n) is 4.97. The molecule has 9 heteroatoms. The molecule has 0 rings (SSSR count). The Morgan fingerprint density at radius 2 is 0.737 bits per heavy atom. The first-order valence-corrected chi connectivity index (χ1v) is 4.97. The monoisotopic (exact) mass is 306 g/mol. The Morgan fingerprint density at radius 3 is 0.842 bits per heavy atom. The van der Waals surface area contributed by atoms with Gasteiger partial charge in [-0.1, -0.05) is 0 Å². The van der Waals surface area contributed by atoms with Gasteiger partial charge in [0.1, 0.15) is 0 Å². The number of carbonyl (C=O) groups excluding carboxylic acids is 4. The van der Waals surface area contributed by atoms with E-state index in [1.165, 1.54) is 41.0 Å². The Morgan fingerprint density at radius 1 is 0.579 bits per heavy atom. The molecule has 0 saturated carbocycles. The molecule has 0 radical (unpaired) electrons. The maximum atomic E-state index is 10.1. The van der Waals surface area contributed by atoms with Gasteiger partial charge in [-0.25, -0.2) is 0 Å². The molecular weight excluding hydrogens is 288 g/mol.